The number of hydrogen-bond donors (Lipinski definition) is 3. The first-order valence-electron chi connectivity index (χ1n) is 45.0. The van der Waals surface area contributed by atoms with Crippen LogP contribution in [0.1, 0.15) is 465 Å². The number of carbonyl (C=O) groups excluding carboxylic acids is 4. The highest BCUT2D eigenvalue weighted by Crippen LogP contribution is 2.45. The van der Waals surface area contributed by atoms with Crippen molar-refractivity contribution in [3.05, 3.63) is 0 Å². The highest BCUT2D eigenvalue weighted by molar-refractivity contribution is 7.47. The van der Waals surface area contributed by atoms with Crippen LogP contribution in [0.3, 0.4) is 0 Å². The zero-order valence-corrected chi connectivity index (χ0v) is 71.5. The predicted molar refractivity (Wildman–Crippen MR) is 437 cm³/mol. The number of rotatable bonds is 86. The summed E-state index contributed by atoms with van der Waals surface area (Å²) in [7, 11) is -9.93. The Balaban J connectivity index is 5.25. The van der Waals surface area contributed by atoms with Crippen molar-refractivity contribution in [2.45, 2.75) is 484 Å². The van der Waals surface area contributed by atoms with Gasteiger partial charge in [0.1, 0.15) is 19.3 Å². The average Bonchev–Trinajstić information content (AvgIpc) is 0.920. The van der Waals surface area contributed by atoms with E-state index < -0.39 is 97.5 Å². The zero-order valence-electron chi connectivity index (χ0n) is 69.7. The van der Waals surface area contributed by atoms with Crippen LogP contribution in [-0.2, 0) is 65.4 Å². The number of phosphoric acid groups is 2. The molecule has 0 aromatic heterocycles. The molecular weight excluding hydrogens is 1380 g/mol. The zero-order chi connectivity index (χ0) is 77.8. The summed E-state index contributed by atoms with van der Waals surface area (Å²) in [6.07, 6.45) is 70.7. The lowest BCUT2D eigenvalue weighted by Gasteiger charge is -2.21. The van der Waals surface area contributed by atoms with Crippen molar-refractivity contribution in [2.24, 2.45) is 11.8 Å². The minimum Gasteiger partial charge on any atom is -0.462 e. The number of aliphatic hydroxyl groups is 1. The van der Waals surface area contributed by atoms with Crippen molar-refractivity contribution >= 4 is 39.5 Å². The van der Waals surface area contributed by atoms with Crippen LogP contribution in [0.15, 0.2) is 0 Å². The molecule has 0 fully saturated rings. The van der Waals surface area contributed by atoms with Crippen LogP contribution in [-0.4, -0.2) is 96.7 Å². The van der Waals surface area contributed by atoms with Crippen LogP contribution >= 0.6 is 15.6 Å². The third kappa shape index (κ3) is 78.7. The molecule has 19 heteroatoms. The Bertz CT molecular complexity index is 2030. The second-order valence-electron chi connectivity index (χ2n) is 32.0. The van der Waals surface area contributed by atoms with Crippen molar-refractivity contribution in [2.75, 3.05) is 39.6 Å². The van der Waals surface area contributed by atoms with Crippen LogP contribution in [0.4, 0.5) is 0 Å². The number of phosphoric ester groups is 2. The molecule has 3 N–H and O–H groups in total. The molecule has 6 atom stereocenters. The molecule has 0 bridgehead atoms. The van der Waals surface area contributed by atoms with Gasteiger partial charge < -0.3 is 33.8 Å². The fourth-order valence-corrected chi connectivity index (χ4v) is 15.1. The molecule has 0 aliphatic rings. The lowest BCUT2D eigenvalue weighted by Crippen LogP contribution is -2.30. The summed E-state index contributed by atoms with van der Waals surface area (Å²) in [5.41, 5.74) is 0. The number of ether oxygens (including phenoxy) is 4. The van der Waals surface area contributed by atoms with Gasteiger partial charge in [-0.1, -0.05) is 414 Å². The standard InChI is InChI=1S/C87H170O17P2/c1-7-10-12-14-16-18-20-22-23-24-25-26-27-28-29-30-36-40-47-53-59-65-71-86(91)103-82(75-98-85(90)70-64-58-52-46-39-35-32-31-34-37-43-49-55-61-67-79(4)5)77-101-105(93,94)99-73-81(88)74-100-106(95,96)102-78-83(76-97-84(89)69-63-57-51-45-38-33-21-19-17-15-13-11-8-2)104-87(92)72-66-60-54-48-42-41-44-50-56-62-68-80(6)9-3/h79-83,88H,7-78H2,1-6H3,(H,93,94)(H,95,96)/t80?,81-,82-,83-/m1/s1. The van der Waals surface area contributed by atoms with Gasteiger partial charge in [-0.05, 0) is 37.5 Å². The molecule has 0 amide bonds. The number of aliphatic hydroxyl groups excluding tert-OH is 1. The summed E-state index contributed by atoms with van der Waals surface area (Å²) < 4.78 is 69.0. The number of unbranched alkanes of at least 4 members (excludes halogenated alkanes) is 55. The Hall–Kier alpha value is -1.94. The quantitative estimate of drug-likeness (QED) is 0.0222. The second-order valence-corrected chi connectivity index (χ2v) is 34.9. The molecule has 0 aliphatic carbocycles. The van der Waals surface area contributed by atoms with Crippen LogP contribution in [0.25, 0.3) is 0 Å². The topological polar surface area (TPSA) is 237 Å². The van der Waals surface area contributed by atoms with Gasteiger partial charge in [-0.15, -0.1) is 0 Å². The molecule has 0 heterocycles. The maximum atomic E-state index is 13.2. The molecule has 0 aromatic rings. The predicted octanol–water partition coefficient (Wildman–Crippen LogP) is 26.6. The summed E-state index contributed by atoms with van der Waals surface area (Å²) in [6, 6.07) is 0. The average molecular weight is 1550 g/mol. The molecule has 0 saturated carbocycles. The van der Waals surface area contributed by atoms with Crippen molar-refractivity contribution in [1.82, 2.24) is 0 Å². The van der Waals surface area contributed by atoms with E-state index in [1.807, 2.05) is 0 Å². The van der Waals surface area contributed by atoms with Crippen LogP contribution in [0.5, 0.6) is 0 Å². The minimum atomic E-state index is -4.97. The van der Waals surface area contributed by atoms with Gasteiger partial charge in [0.2, 0.25) is 0 Å². The van der Waals surface area contributed by atoms with Crippen LogP contribution < -0.4 is 0 Å². The summed E-state index contributed by atoms with van der Waals surface area (Å²) >= 11 is 0. The smallest absolute Gasteiger partial charge is 0.462 e. The highest BCUT2D eigenvalue weighted by atomic mass is 31.2. The molecule has 0 spiro atoms. The number of carbonyl (C=O) groups is 4. The SMILES string of the molecule is CCCCCCCCCCCCCCCCCCCCCCCCC(=O)O[C@H](COC(=O)CCCCCCCCCCCCCCCCC(C)C)COP(=O)(O)OC[C@@H](O)COP(=O)(O)OC[C@@H](COC(=O)CCCCCCCCCCCCCCC)OC(=O)CCCCCCCCCCCCC(C)CC. The van der Waals surface area contributed by atoms with Gasteiger partial charge in [-0.25, -0.2) is 9.13 Å². The summed E-state index contributed by atoms with van der Waals surface area (Å²) in [4.78, 5) is 73.3. The Kier molecular flexibility index (Phi) is 76.9. The van der Waals surface area contributed by atoms with E-state index in [9.17, 15) is 43.2 Å². The van der Waals surface area contributed by atoms with Crippen LogP contribution in [0.2, 0.25) is 0 Å². The van der Waals surface area contributed by atoms with E-state index >= 15 is 0 Å². The van der Waals surface area contributed by atoms with E-state index in [1.54, 1.807) is 0 Å². The van der Waals surface area contributed by atoms with Gasteiger partial charge in [-0.2, -0.15) is 0 Å². The number of esters is 4. The van der Waals surface area contributed by atoms with E-state index in [1.165, 1.54) is 283 Å². The van der Waals surface area contributed by atoms with Gasteiger partial charge in [0.25, 0.3) is 0 Å². The maximum absolute atomic E-state index is 13.2. The lowest BCUT2D eigenvalue weighted by atomic mass is 9.99. The minimum absolute atomic E-state index is 0.107. The van der Waals surface area contributed by atoms with Crippen LogP contribution in [0, 0.1) is 11.8 Å². The van der Waals surface area contributed by atoms with Gasteiger partial charge in [0.15, 0.2) is 12.2 Å². The van der Waals surface area contributed by atoms with E-state index in [2.05, 4.69) is 41.5 Å². The van der Waals surface area contributed by atoms with Gasteiger partial charge in [0.05, 0.1) is 26.4 Å². The van der Waals surface area contributed by atoms with Crippen molar-refractivity contribution in [3.8, 4) is 0 Å². The Morgan fingerprint density at radius 3 is 0.717 bits per heavy atom. The Morgan fingerprint density at radius 2 is 0.481 bits per heavy atom. The molecule has 0 radical (unpaired) electrons. The lowest BCUT2D eigenvalue weighted by molar-refractivity contribution is -0.161. The fraction of sp³-hybridized carbons (Fsp3) is 0.954. The largest absolute Gasteiger partial charge is 0.472 e. The first-order chi connectivity index (χ1) is 51.4. The normalized spacial score (nSPS) is 14.1. The summed E-state index contributed by atoms with van der Waals surface area (Å²) in [5.74, 6) is -0.498. The maximum Gasteiger partial charge on any atom is 0.472 e. The monoisotopic (exact) mass is 1550 g/mol. The molecule has 0 rings (SSSR count). The molecule has 0 aliphatic heterocycles. The van der Waals surface area contributed by atoms with Gasteiger partial charge >= 0.3 is 39.5 Å². The van der Waals surface area contributed by atoms with Gasteiger partial charge in [0, 0.05) is 25.7 Å². The molecule has 630 valence electrons. The third-order valence-corrected chi connectivity index (χ3v) is 22.7. The molecular formula is C87H170O17P2. The summed E-state index contributed by atoms with van der Waals surface area (Å²) in [6.45, 7) is 9.72. The van der Waals surface area contributed by atoms with E-state index in [0.717, 1.165) is 102 Å². The summed E-state index contributed by atoms with van der Waals surface area (Å²) in [5, 5.41) is 10.7. The van der Waals surface area contributed by atoms with Crippen molar-refractivity contribution < 1.29 is 80.2 Å². The van der Waals surface area contributed by atoms with E-state index in [4.69, 9.17) is 37.0 Å². The third-order valence-electron chi connectivity index (χ3n) is 20.8. The molecule has 3 unspecified atom stereocenters. The van der Waals surface area contributed by atoms with E-state index in [-0.39, 0.29) is 25.7 Å². The molecule has 0 aromatic carbocycles. The Morgan fingerprint density at radius 1 is 0.274 bits per heavy atom. The molecule has 17 nitrogen and oxygen atoms in total. The van der Waals surface area contributed by atoms with Crippen molar-refractivity contribution in [1.29, 1.82) is 0 Å². The van der Waals surface area contributed by atoms with Crippen molar-refractivity contribution in [3.63, 3.8) is 0 Å². The Labute approximate surface area is 651 Å². The highest BCUT2D eigenvalue weighted by Gasteiger charge is 2.30. The number of hydrogen-bond acceptors (Lipinski definition) is 15. The second kappa shape index (κ2) is 78.3. The molecule has 106 heavy (non-hydrogen) atoms. The first kappa shape index (κ1) is 104. The van der Waals surface area contributed by atoms with E-state index in [0.29, 0.717) is 25.7 Å². The molecule has 0 saturated heterocycles. The first-order valence-corrected chi connectivity index (χ1v) is 48.0. The fourth-order valence-electron chi connectivity index (χ4n) is 13.6. The van der Waals surface area contributed by atoms with Gasteiger partial charge in [-0.3, -0.25) is 37.3 Å².